The number of nitrogens with zero attached hydrogens (tertiary/aromatic N) is 3. The second kappa shape index (κ2) is 8.79. The molecule has 0 spiro atoms. The molecule has 9 heteroatoms. The van der Waals surface area contributed by atoms with E-state index < -0.39 is 16.6 Å². The van der Waals surface area contributed by atoms with Crippen LogP contribution in [0.5, 0.6) is 11.6 Å². The first-order chi connectivity index (χ1) is 14.0. The average Bonchev–Trinajstić information content (AvgIpc) is 2.74. The Kier molecular flexibility index (Phi) is 5.98. The Hall–Kier alpha value is -4.01. The summed E-state index contributed by atoms with van der Waals surface area (Å²) in [6.45, 7) is 2.02. The van der Waals surface area contributed by atoms with Crippen LogP contribution in [0.1, 0.15) is 22.8 Å². The van der Waals surface area contributed by atoms with Gasteiger partial charge >= 0.3 is 17.5 Å². The number of benzene rings is 2. The van der Waals surface area contributed by atoms with E-state index in [1.807, 2.05) is 19.1 Å². The Balaban J connectivity index is 1.97. The van der Waals surface area contributed by atoms with Crippen molar-refractivity contribution in [2.24, 2.45) is 0 Å². The monoisotopic (exact) mass is 394 g/mol. The third kappa shape index (κ3) is 4.46. The zero-order valence-corrected chi connectivity index (χ0v) is 15.8. The molecule has 0 saturated carbocycles. The van der Waals surface area contributed by atoms with Gasteiger partial charge in [-0.2, -0.15) is 4.98 Å². The van der Waals surface area contributed by atoms with Crippen molar-refractivity contribution in [3.05, 3.63) is 76.1 Å². The predicted molar refractivity (Wildman–Crippen MR) is 106 cm³/mol. The number of esters is 1. The van der Waals surface area contributed by atoms with E-state index in [1.54, 1.807) is 30.3 Å². The molecule has 0 aliphatic carbocycles. The minimum absolute atomic E-state index is 0.110. The van der Waals surface area contributed by atoms with E-state index >= 15 is 0 Å². The standard InChI is InChI=1S/C20H18N4O5/c1-3-13-8-10-14(11-9-13)29-19-17(24(26)27)18(21-12-22-19)23-16-7-5-4-6-15(16)20(25)28-2/h4-12H,3H2,1-2H3,(H,21,22,23). The molecule has 0 bridgehead atoms. The molecule has 0 amide bonds. The average molecular weight is 394 g/mol. The number of anilines is 2. The van der Waals surface area contributed by atoms with Crippen molar-refractivity contribution in [2.45, 2.75) is 13.3 Å². The Morgan fingerprint density at radius 2 is 1.86 bits per heavy atom. The zero-order chi connectivity index (χ0) is 20.8. The SMILES string of the molecule is CCc1ccc(Oc2ncnc(Nc3ccccc3C(=O)OC)c2[N+](=O)[O-])cc1. The molecule has 0 unspecified atom stereocenters. The minimum Gasteiger partial charge on any atom is -0.465 e. The molecule has 0 radical (unpaired) electrons. The highest BCUT2D eigenvalue weighted by Crippen LogP contribution is 2.36. The van der Waals surface area contributed by atoms with Crippen molar-refractivity contribution < 1.29 is 19.2 Å². The van der Waals surface area contributed by atoms with Crippen LogP contribution < -0.4 is 10.1 Å². The number of aromatic nitrogens is 2. The van der Waals surface area contributed by atoms with Crippen molar-refractivity contribution in [3.8, 4) is 11.6 Å². The van der Waals surface area contributed by atoms with Gasteiger partial charge in [-0.1, -0.05) is 31.2 Å². The fourth-order valence-electron chi connectivity index (χ4n) is 2.61. The van der Waals surface area contributed by atoms with Crippen molar-refractivity contribution in [3.63, 3.8) is 0 Å². The van der Waals surface area contributed by atoms with Gasteiger partial charge in [0.15, 0.2) is 0 Å². The third-order valence-electron chi connectivity index (χ3n) is 4.10. The van der Waals surface area contributed by atoms with Gasteiger partial charge in [0.05, 0.1) is 23.3 Å². The summed E-state index contributed by atoms with van der Waals surface area (Å²) in [4.78, 5) is 30.9. The van der Waals surface area contributed by atoms with Gasteiger partial charge in [0, 0.05) is 0 Å². The van der Waals surface area contributed by atoms with Crippen LogP contribution in [-0.4, -0.2) is 28.0 Å². The van der Waals surface area contributed by atoms with E-state index in [0.717, 1.165) is 18.3 Å². The molecule has 3 rings (SSSR count). The van der Waals surface area contributed by atoms with E-state index in [-0.39, 0.29) is 17.3 Å². The summed E-state index contributed by atoms with van der Waals surface area (Å²) in [6.07, 6.45) is 2.01. The summed E-state index contributed by atoms with van der Waals surface area (Å²) in [5.41, 5.74) is 1.17. The number of nitro groups is 1. The molecule has 2 aromatic carbocycles. The van der Waals surface area contributed by atoms with Crippen LogP contribution in [0.15, 0.2) is 54.9 Å². The summed E-state index contributed by atoms with van der Waals surface area (Å²) in [6, 6.07) is 13.6. The number of nitrogens with one attached hydrogen (secondary N) is 1. The van der Waals surface area contributed by atoms with E-state index in [1.165, 1.54) is 13.2 Å². The van der Waals surface area contributed by atoms with Crippen LogP contribution in [0.3, 0.4) is 0 Å². The predicted octanol–water partition coefficient (Wildman–Crippen LogP) is 4.27. The van der Waals surface area contributed by atoms with E-state index in [0.29, 0.717) is 11.4 Å². The number of para-hydroxylation sites is 1. The van der Waals surface area contributed by atoms with Crippen LogP contribution in [0, 0.1) is 10.1 Å². The maximum absolute atomic E-state index is 12.0. The summed E-state index contributed by atoms with van der Waals surface area (Å²) in [5, 5.41) is 14.5. The molecule has 1 N–H and O–H groups in total. The fourth-order valence-corrected chi connectivity index (χ4v) is 2.61. The molecule has 148 valence electrons. The van der Waals surface area contributed by atoms with Crippen LogP contribution in [0.2, 0.25) is 0 Å². The molecule has 0 atom stereocenters. The van der Waals surface area contributed by atoms with Crippen LogP contribution in [0.25, 0.3) is 0 Å². The lowest BCUT2D eigenvalue weighted by atomic mass is 10.2. The van der Waals surface area contributed by atoms with Crippen molar-refractivity contribution >= 4 is 23.2 Å². The molecule has 1 aromatic heterocycles. The summed E-state index contributed by atoms with van der Waals surface area (Å²) in [5.74, 6) is -0.504. The van der Waals surface area contributed by atoms with Crippen molar-refractivity contribution in [1.29, 1.82) is 0 Å². The largest absolute Gasteiger partial charge is 0.465 e. The quantitative estimate of drug-likeness (QED) is 0.359. The molecule has 29 heavy (non-hydrogen) atoms. The van der Waals surface area contributed by atoms with Gasteiger partial charge in [-0.3, -0.25) is 10.1 Å². The van der Waals surface area contributed by atoms with Crippen LogP contribution in [0.4, 0.5) is 17.2 Å². The van der Waals surface area contributed by atoms with Gasteiger partial charge in [-0.15, -0.1) is 0 Å². The number of ether oxygens (including phenoxy) is 2. The van der Waals surface area contributed by atoms with Crippen LogP contribution >= 0.6 is 0 Å². The Labute approximate surface area is 166 Å². The Morgan fingerprint density at radius 3 is 2.52 bits per heavy atom. The molecule has 3 aromatic rings. The highest BCUT2D eigenvalue weighted by Gasteiger charge is 2.26. The highest BCUT2D eigenvalue weighted by molar-refractivity contribution is 5.96. The maximum atomic E-state index is 12.0. The number of methoxy groups -OCH3 is 1. The van der Waals surface area contributed by atoms with Gasteiger partial charge in [0.25, 0.3) is 0 Å². The topological polar surface area (TPSA) is 116 Å². The van der Waals surface area contributed by atoms with Gasteiger partial charge in [-0.05, 0) is 36.2 Å². The number of carbonyl (C=O) groups is 1. The second-order valence-corrected chi connectivity index (χ2v) is 5.89. The molecule has 0 saturated heterocycles. The number of hydrogen-bond acceptors (Lipinski definition) is 8. The normalized spacial score (nSPS) is 10.3. The molecule has 0 aliphatic heterocycles. The smallest absolute Gasteiger partial charge is 0.373 e. The summed E-state index contributed by atoms with van der Waals surface area (Å²) < 4.78 is 10.4. The Bertz CT molecular complexity index is 1040. The van der Waals surface area contributed by atoms with Gasteiger partial charge in [-0.25, -0.2) is 9.78 Å². The summed E-state index contributed by atoms with van der Waals surface area (Å²) >= 11 is 0. The number of carbonyl (C=O) groups excluding carboxylic acids is 1. The van der Waals surface area contributed by atoms with E-state index in [4.69, 9.17) is 9.47 Å². The summed E-state index contributed by atoms with van der Waals surface area (Å²) in [7, 11) is 1.25. The fraction of sp³-hybridized carbons (Fsp3) is 0.150. The number of hydrogen-bond donors (Lipinski definition) is 1. The number of rotatable bonds is 7. The lowest BCUT2D eigenvalue weighted by Gasteiger charge is -2.11. The van der Waals surface area contributed by atoms with Gasteiger partial charge in [0.1, 0.15) is 12.1 Å². The maximum Gasteiger partial charge on any atom is 0.373 e. The first-order valence-electron chi connectivity index (χ1n) is 8.74. The molecular weight excluding hydrogens is 376 g/mol. The second-order valence-electron chi connectivity index (χ2n) is 5.89. The van der Waals surface area contributed by atoms with Gasteiger partial charge < -0.3 is 14.8 Å². The van der Waals surface area contributed by atoms with Gasteiger partial charge in [0.2, 0.25) is 5.82 Å². The first-order valence-corrected chi connectivity index (χ1v) is 8.74. The Morgan fingerprint density at radius 1 is 1.14 bits per heavy atom. The molecule has 1 heterocycles. The molecule has 9 nitrogen and oxygen atoms in total. The van der Waals surface area contributed by atoms with Crippen molar-refractivity contribution in [2.75, 3.05) is 12.4 Å². The third-order valence-corrected chi connectivity index (χ3v) is 4.10. The first kappa shape index (κ1) is 19.7. The lowest BCUT2D eigenvalue weighted by molar-refractivity contribution is -0.385. The van der Waals surface area contributed by atoms with Crippen LogP contribution in [-0.2, 0) is 11.2 Å². The molecular formula is C20H18N4O5. The van der Waals surface area contributed by atoms with Crippen molar-refractivity contribution in [1.82, 2.24) is 9.97 Å². The zero-order valence-electron chi connectivity index (χ0n) is 15.8. The molecule has 0 aliphatic rings. The molecule has 0 fully saturated rings. The highest BCUT2D eigenvalue weighted by atomic mass is 16.6. The minimum atomic E-state index is -0.640. The van der Waals surface area contributed by atoms with E-state index in [9.17, 15) is 14.9 Å². The number of aryl methyl sites for hydroxylation is 1. The lowest BCUT2D eigenvalue weighted by Crippen LogP contribution is -2.08. The van der Waals surface area contributed by atoms with E-state index in [2.05, 4.69) is 15.3 Å².